The van der Waals surface area contributed by atoms with E-state index in [1.807, 2.05) is 0 Å². The molecule has 2 N–H and O–H groups in total. The topological polar surface area (TPSA) is 158 Å². The largest absolute Gasteiger partial charge is 0.506 e. The molecular weight excluding hydrogens is 484 g/mol. The number of phenols is 1. The molecule has 1 amide bonds. The minimum Gasteiger partial charge on any atom is -0.506 e. The Bertz CT molecular complexity index is 1230. The number of hydrogen-bond acceptors (Lipinski definition) is 8. The Morgan fingerprint density at radius 2 is 2.10 bits per heavy atom. The predicted octanol–water partition coefficient (Wildman–Crippen LogP) is 2.95. The number of aromatic nitrogens is 2. The summed E-state index contributed by atoms with van der Waals surface area (Å²) in [4.78, 5) is 22.6. The van der Waals surface area contributed by atoms with E-state index < -0.39 is 20.7 Å². The minimum absolute atomic E-state index is 0.0369. The van der Waals surface area contributed by atoms with Gasteiger partial charge < -0.3 is 25.0 Å². The van der Waals surface area contributed by atoms with Gasteiger partial charge in [-0.05, 0) is 51.2 Å². The van der Waals surface area contributed by atoms with Gasteiger partial charge in [0.25, 0.3) is 5.91 Å². The number of benzene rings is 1. The standard InChI is InChI=1S/C17H15BrN4O7S/c1-2-30(27,28)11-4-5-14(23)13(7-11)19-17(24)15-6-3-10(29-15)8-21-9-12(18)16(20-21)22(25)26/h3-7,9,23H,2,8H2,1H3,(H,19,24). The number of amides is 1. The number of rotatable bonds is 7. The van der Waals surface area contributed by atoms with Gasteiger partial charge >= 0.3 is 5.82 Å². The second kappa shape index (κ2) is 8.28. The number of halogens is 1. The summed E-state index contributed by atoms with van der Waals surface area (Å²) in [5, 5.41) is 27.0. The average molecular weight is 499 g/mol. The molecular formula is C17H15BrN4O7S. The number of aromatic hydroxyl groups is 1. The molecule has 3 rings (SSSR count). The van der Waals surface area contributed by atoms with Crippen molar-refractivity contribution in [1.29, 1.82) is 0 Å². The van der Waals surface area contributed by atoms with Crippen LogP contribution in [0.25, 0.3) is 0 Å². The first-order valence-corrected chi connectivity index (χ1v) is 10.9. The molecule has 0 aliphatic rings. The molecule has 0 radical (unpaired) electrons. The lowest BCUT2D eigenvalue weighted by molar-refractivity contribution is -0.390. The van der Waals surface area contributed by atoms with Crippen LogP contribution in [0, 0.1) is 10.1 Å². The van der Waals surface area contributed by atoms with Gasteiger partial charge in [-0.2, -0.15) is 4.68 Å². The fourth-order valence-electron chi connectivity index (χ4n) is 2.50. The van der Waals surface area contributed by atoms with Gasteiger partial charge in [-0.25, -0.2) is 8.42 Å². The molecule has 0 atom stereocenters. The van der Waals surface area contributed by atoms with E-state index in [2.05, 4.69) is 26.3 Å². The number of furan rings is 1. The van der Waals surface area contributed by atoms with Gasteiger partial charge in [0.05, 0.1) is 27.6 Å². The Labute approximate surface area is 178 Å². The van der Waals surface area contributed by atoms with Crippen LogP contribution in [0.1, 0.15) is 23.2 Å². The maximum atomic E-state index is 12.4. The lowest BCUT2D eigenvalue weighted by Crippen LogP contribution is -2.12. The van der Waals surface area contributed by atoms with Crippen LogP contribution in [0.3, 0.4) is 0 Å². The van der Waals surface area contributed by atoms with E-state index in [4.69, 9.17) is 4.42 Å². The molecule has 0 bridgehead atoms. The zero-order chi connectivity index (χ0) is 22.1. The van der Waals surface area contributed by atoms with Crippen molar-refractivity contribution in [2.45, 2.75) is 18.4 Å². The van der Waals surface area contributed by atoms with Crippen LogP contribution >= 0.6 is 15.9 Å². The second-order valence-corrected chi connectivity index (χ2v) is 9.19. The molecule has 11 nitrogen and oxygen atoms in total. The van der Waals surface area contributed by atoms with Crippen LogP contribution in [-0.2, 0) is 16.4 Å². The third-order valence-corrected chi connectivity index (χ3v) is 6.32. The Kier molecular flexibility index (Phi) is 5.94. The van der Waals surface area contributed by atoms with Gasteiger partial charge in [-0.1, -0.05) is 6.92 Å². The summed E-state index contributed by atoms with van der Waals surface area (Å²) in [6.07, 6.45) is 1.40. The van der Waals surface area contributed by atoms with Crippen molar-refractivity contribution in [2.75, 3.05) is 11.1 Å². The highest BCUT2D eigenvalue weighted by molar-refractivity contribution is 9.10. The molecule has 1 aromatic carbocycles. The molecule has 158 valence electrons. The van der Waals surface area contributed by atoms with E-state index in [0.717, 1.165) is 6.07 Å². The normalized spacial score (nSPS) is 11.4. The Hall–Kier alpha value is -3.19. The summed E-state index contributed by atoms with van der Waals surface area (Å²) in [6, 6.07) is 6.45. The Morgan fingerprint density at radius 3 is 2.73 bits per heavy atom. The summed E-state index contributed by atoms with van der Waals surface area (Å²) < 4.78 is 30.9. The van der Waals surface area contributed by atoms with Crippen molar-refractivity contribution in [2.24, 2.45) is 0 Å². The number of sulfone groups is 1. The number of carbonyl (C=O) groups is 1. The monoisotopic (exact) mass is 498 g/mol. The third-order valence-electron chi connectivity index (χ3n) is 4.03. The quantitative estimate of drug-likeness (QED) is 0.285. The van der Waals surface area contributed by atoms with Crippen molar-refractivity contribution in [3.05, 3.63) is 62.6 Å². The number of nitrogens with zero attached hydrogens (tertiary/aromatic N) is 3. The molecule has 2 aromatic heterocycles. The van der Waals surface area contributed by atoms with Gasteiger partial charge in [0.1, 0.15) is 22.5 Å². The third kappa shape index (κ3) is 4.52. The molecule has 0 fully saturated rings. The van der Waals surface area contributed by atoms with Crippen molar-refractivity contribution in [3.8, 4) is 5.75 Å². The number of hydrogen-bond donors (Lipinski definition) is 2. The molecule has 30 heavy (non-hydrogen) atoms. The summed E-state index contributed by atoms with van der Waals surface area (Å²) in [5.74, 6) is -1.30. The van der Waals surface area contributed by atoms with E-state index in [1.165, 1.54) is 42.1 Å². The highest BCUT2D eigenvalue weighted by Gasteiger charge is 2.21. The average Bonchev–Trinajstić information content (AvgIpc) is 3.30. The van der Waals surface area contributed by atoms with Crippen molar-refractivity contribution in [3.63, 3.8) is 0 Å². The molecule has 2 heterocycles. The van der Waals surface area contributed by atoms with Crippen molar-refractivity contribution >= 4 is 43.2 Å². The molecule has 0 saturated heterocycles. The zero-order valence-electron chi connectivity index (χ0n) is 15.4. The molecule has 3 aromatic rings. The number of nitro groups is 1. The molecule has 0 spiro atoms. The summed E-state index contributed by atoms with van der Waals surface area (Å²) >= 11 is 3.04. The maximum Gasteiger partial charge on any atom is 0.404 e. The summed E-state index contributed by atoms with van der Waals surface area (Å²) in [6.45, 7) is 1.52. The SMILES string of the molecule is CCS(=O)(=O)c1ccc(O)c(NC(=O)c2ccc(Cn3cc(Br)c([N+](=O)[O-])n3)o2)c1. The predicted molar refractivity (Wildman–Crippen MR) is 108 cm³/mol. The van der Waals surface area contributed by atoms with Crippen LogP contribution < -0.4 is 5.32 Å². The van der Waals surface area contributed by atoms with Crippen LogP contribution in [0.4, 0.5) is 11.5 Å². The van der Waals surface area contributed by atoms with Gasteiger partial charge in [-0.3, -0.25) is 4.79 Å². The number of carbonyl (C=O) groups excluding carboxylic acids is 1. The van der Waals surface area contributed by atoms with Gasteiger partial charge in [0, 0.05) is 0 Å². The first-order chi connectivity index (χ1) is 14.1. The highest BCUT2D eigenvalue weighted by Crippen LogP contribution is 2.28. The van der Waals surface area contributed by atoms with Crippen LogP contribution in [-0.4, -0.2) is 39.9 Å². The Balaban J connectivity index is 1.76. The van der Waals surface area contributed by atoms with Crippen LogP contribution in [0.15, 0.2) is 50.3 Å². The second-order valence-electron chi connectivity index (χ2n) is 6.06. The first kappa shape index (κ1) is 21.5. The van der Waals surface area contributed by atoms with Gasteiger partial charge in [-0.15, -0.1) is 0 Å². The lowest BCUT2D eigenvalue weighted by Gasteiger charge is -2.08. The molecule has 0 aliphatic carbocycles. The number of nitrogens with one attached hydrogen (secondary N) is 1. The molecule has 0 saturated carbocycles. The van der Waals surface area contributed by atoms with Crippen LogP contribution in [0.5, 0.6) is 5.75 Å². The van der Waals surface area contributed by atoms with E-state index in [9.17, 15) is 28.4 Å². The van der Waals surface area contributed by atoms with E-state index in [0.29, 0.717) is 5.76 Å². The first-order valence-electron chi connectivity index (χ1n) is 8.44. The zero-order valence-corrected chi connectivity index (χ0v) is 17.8. The van der Waals surface area contributed by atoms with Crippen molar-refractivity contribution in [1.82, 2.24) is 9.78 Å². The van der Waals surface area contributed by atoms with Crippen LogP contribution in [0.2, 0.25) is 0 Å². The maximum absolute atomic E-state index is 12.4. The number of phenolic OH excluding ortho intramolecular Hbond substituents is 1. The smallest absolute Gasteiger partial charge is 0.404 e. The molecule has 13 heteroatoms. The summed E-state index contributed by atoms with van der Waals surface area (Å²) in [7, 11) is -3.52. The molecule has 0 aliphatic heterocycles. The summed E-state index contributed by atoms with van der Waals surface area (Å²) in [5.41, 5.74) is -0.0842. The van der Waals surface area contributed by atoms with E-state index in [-0.39, 0.29) is 44.7 Å². The van der Waals surface area contributed by atoms with Crippen molar-refractivity contribution < 1.29 is 27.7 Å². The van der Waals surface area contributed by atoms with Gasteiger partial charge in [0.15, 0.2) is 15.6 Å². The fraction of sp³-hybridized carbons (Fsp3) is 0.176. The Morgan fingerprint density at radius 1 is 1.37 bits per heavy atom. The number of anilines is 1. The minimum atomic E-state index is -3.52. The van der Waals surface area contributed by atoms with Gasteiger partial charge in [0.2, 0.25) is 0 Å². The fourth-order valence-corrected chi connectivity index (χ4v) is 3.86. The lowest BCUT2D eigenvalue weighted by atomic mass is 10.3. The molecule has 0 unspecified atom stereocenters. The van der Waals surface area contributed by atoms with E-state index >= 15 is 0 Å². The highest BCUT2D eigenvalue weighted by atomic mass is 79.9. The van der Waals surface area contributed by atoms with E-state index in [1.54, 1.807) is 0 Å².